The number of rotatable bonds is 1. The van der Waals surface area contributed by atoms with E-state index in [0.717, 1.165) is 16.3 Å². The van der Waals surface area contributed by atoms with Crippen molar-refractivity contribution in [1.82, 2.24) is 15.1 Å². The molecule has 0 fully saturated rings. The van der Waals surface area contributed by atoms with Gasteiger partial charge in [0.15, 0.2) is 23.0 Å². The van der Waals surface area contributed by atoms with Crippen LogP contribution in [-0.4, -0.2) is 43.4 Å². The van der Waals surface area contributed by atoms with Crippen molar-refractivity contribution in [2.24, 2.45) is 9.98 Å². The Bertz CT molecular complexity index is 1040. The molecular formula is C18H14N6O2S. The second-order valence-corrected chi connectivity index (χ2v) is 6.78. The third-order valence-electron chi connectivity index (χ3n) is 4.55. The summed E-state index contributed by atoms with van der Waals surface area (Å²) in [6.07, 6.45) is 4.35. The molecule has 4 heterocycles. The fourth-order valence-electron chi connectivity index (χ4n) is 3.39. The van der Waals surface area contributed by atoms with E-state index in [1.807, 2.05) is 42.5 Å². The molecule has 2 aromatic rings. The van der Waals surface area contributed by atoms with Gasteiger partial charge in [-0.15, -0.1) is 0 Å². The molecule has 1 unspecified atom stereocenters. The Labute approximate surface area is 159 Å². The zero-order valence-corrected chi connectivity index (χ0v) is 15.0. The summed E-state index contributed by atoms with van der Waals surface area (Å²) in [5.41, 5.74) is 1.93. The minimum absolute atomic E-state index is 0.207. The lowest BCUT2D eigenvalue weighted by atomic mass is 10.1. The lowest BCUT2D eigenvalue weighted by Crippen LogP contribution is -2.50. The summed E-state index contributed by atoms with van der Waals surface area (Å²) in [5.74, 6) is 0.526. The van der Waals surface area contributed by atoms with Gasteiger partial charge in [0, 0.05) is 18.0 Å². The number of hydrogen-bond acceptors (Lipinski definition) is 8. The van der Waals surface area contributed by atoms with Crippen molar-refractivity contribution in [3.63, 3.8) is 0 Å². The SMILES string of the molecule is CSC1=NC=C2C(=O)N3C(N=C2N1O)c1ccccc1N3c1ccccn1. The van der Waals surface area contributed by atoms with E-state index in [1.165, 1.54) is 18.0 Å². The number of pyridine rings is 1. The molecule has 0 bridgehead atoms. The maximum Gasteiger partial charge on any atom is 0.280 e. The van der Waals surface area contributed by atoms with Crippen LogP contribution in [0, 0.1) is 0 Å². The number of aliphatic imine (C=N–C) groups is 2. The van der Waals surface area contributed by atoms with Crippen LogP contribution in [0.1, 0.15) is 11.7 Å². The Kier molecular flexibility index (Phi) is 3.52. The summed E-state index contributed by atoms with van der Waals surface area (Å²) >= 11 is 1.27. The smallest absolute Gasteiger partial charge is 0.280 e. The summed E-state index contributed by atoms with van der Waals surface area (Å²) in [4.78, 5) is 26.6. The summed E-state index contributed by atoms with van der Waals surface area (Å²) < 4.78 is 0. The van der Waals surface area contributed by atoms with E-state index in [9.17, 15) is 10.0 Å². The molecule has 0 saturated carbocycles. The Morgan fingerprint density at radius 3 is 2.74 bits per heavy atom. The molecule has 1 amide bonds. The number of para-hydroxylation sites is 1. The fraction of sp³-hybridized carbons (Fsp3) is 0.111. The van der Waals surface area contributed by atoms with Crippen molar-refractivity contribution < 1.29 is 10.0 Å². The Balaban J connectivity index is 1.71. The molecule has 0 saturated heterocycles. The normalized spacial score (nSPS) is 20.5. The van der Waals surface area contributed by atoms with Gasteiger partial charge in [0.05, 0.1) is 5.69 Å². The Hall–Kier alpha value is -3.17. The number of anilines is 2. The maximum atomic E-state index is 13.3. The first-order chi connectivity index (χ1) is 13.2. The molecule has 27 heavy (non-hydrogen) atoms. The Morgan fingerprint density at radius 2 is 1.96 bits per heavy atom. The van der Waals surface area contributed by atoms with E-state index in [-0.39, 0.29) is 17.3 Å². The molecule has 1 aromatic heterocycles. The highest BCUT2D eigenvalue weighted by molar-refractivity contribution is 8.13. The highest BCUT2D eigenvalue weighted by Gasteiger charge is 2.47. The van der Waals surface area contributed by atoms with Gasteiger partial charge >= 0.3 is 0 Å². The van der Waals surface area contributed by atoms with Gasteiger partial charge in [-0.2, -0.15) is 5.06 Å². The number of carbonyl (C=O) groups excluding carboxylic acids is 1. The van der Waals surface area contributed by atoms with Crippen molar-refractivity contribution >= 4 is 40.2 Å². The summed E-state index contributed by atoms with van der Waals surface area (Å²) in [7, 11) is 0. The number of nitrogens with zero attached hydrogens (tertiary/aromatic N) is 6. The highest BCUT2D eigenvalue weighted by Crippen LogP contribution is 2.47. The number of hydroxylamine groups is 2. The number of thioether (sulfide) groups is 1. The van der Waals surface area contributed by atoms with Crippen LogP contribution >= 0.6 is 11.8 Å². The van der Waals surface area contributed by atoms with Crippen LogP contribution in [0.25, 0.3) is 0 Å². The number of amides is 1. The third kappa shape index (κ3) is 2.22. The summed E-state index contributed by atoms with van der Waals surface area (Å²) in [6, 6.07) is 13.2. The largest absolute Gasteiger partial charge is 0.280 e. The first kappa shape index (κ1) is 16.0. The van der Waals surface area contributed by atoms with Crippen molar-refractivity contribution in [3.8, 4) is 0 Å². The molecule has 134 valence electrons. The first-order valence-electron chi connectivity index (χ1n) is 8.23. The van der Waals surface area contributed by atoms with Crippen LogP contribution in [0.5, 0.6) is 0 Å². The molecule has 9 heteroatoms. The fourth-order valence-corrected chi connectivity index (χ4v) is 3.80. The van der Waals surface area contributed by atoms with Gasteiger partial charge in [0.25, 0.3) is 5.91 Å². The molecule has 1 aromatic carbocycles. The number of fused-ring (bicyclic) bond motifs is 4. The van der Waals surface area contributed by atoms with Gasteiger partial charge in [0.2, 0.25) is 0 Å². The summed E-state index contributed by atoms with van der Waals surface area (Å²) in [5, 5.41) is 15.0. The van der Waals surface area contributed by atoms with Crippen LogP contribution in [0.3, 0.4) is 0 Å². The lowest BCUT2D eigenvalue weighted by molar-refractivity contribution is -0.129. The predicted octanol–water partition coefficient (Wildman–Crippen LogP) is 2.70. The average molecular weight is 378 g/mol. The van der Waals surface area contributed by atoms with E-state index in [0.29, 0.717) is 11.0 Å². The predicted molar refractivity (Wildman–Crippen MR) is 102 cm³/mol. The van der Waals surface area contributed by atoms with Crippen LogP contribution in [0.4, 0.5) is 11.5 Å². The summed E-state index contributed by atoms with van der Waals surface area (Å²) in [6.45, 7) is 0. The average Bonchev–Trinajstić information content (AvgIpc) is 3.04. The maximum absolute atomic E-state index is 13.3. The van der Waals surface area contributed by atoms with Crippen molar-refractivity contribution in [1.29, 1.82) is 0 Å². The van der Waals surface area contributed by atoms with Gasteiger partial charge in [-0.1, -0.05) is 36.0 Å². The van der Waals surface area contributed by atoms with Gasteiger partial charge in [-0.05, 0) is 24.5 Å². The van der Waals surface area contributed by atoms with E-state index < -0.39 is 6.17 Å². The molecule has 0 aliphatic carbocycles. The number of benzene rings is 1. The molecule has 1 atom stereocenters. The number of carbonyl (C=O) groups is 1. The van der Waals surface area contributed by atoms with E-state index in [4.69, 9.17) is 0 Å². The van der Waals surface area contributed by atoms with Crippen LogP contribution < -0.4 is 5.01 Å². The van der Waals surface area contributed by atoms with Crippen molar-refractivity contribution in [2.45, 2.75) is 6.17 Å². The van der Waals surface area contributed by atoms with Gasteiger partial charge in [-0.3, -0.25) is 10.0 Å². The minimum Gasteiger partial charge on any atom is -0.280 e. The molecule has 8 nitrogen and oxygen atoms in total. The zero-order chi connectivity index (χ0) is 18.5. The van der Waals surface area contributed by atoms with E-state index >= 15 is 0 Å². The monoisotopic (exact) mass is 378 g/mol. The van der Waals surface area contributed by atoms with Crippen LogP contribution in [-0.2, 0) is 4.79 Å². The second kappa shape index (κ2) is 5.93. The molecular weight excluding hydrogens is 364 g/mol. The third-order valence-corrected chi connectivity index (χ3v) is 5.19. The van der Waals surface area contributed by atoms with Gasteiger partial charge < -0.3 is 0 Å². The van der Waals surface area contributed by atoms with Gasteiger partial charge in [-0.25, -0.2) is 25.0 Å². The lowest BCUT2D eigenvalue weighted by Gasteiger charge is -2.37. The second-order valence-electron chi connectivity index (χ2n) is 6.01. The van der Waals surface area contributed by atoms with Crippen molar-refractivity contribution in [3.05, 3.63) is 66.0 Å². The van der Waals surface area contributed by atoms with Crippen LogP contribution in [0.15, 0.2) is 70.4 Å². The topological polar surface area (TPSA) is 84.6 Å². The molecule has 3 aliphatic rings. The molecule has 0 radical (unpaired) electrons. The van der Waals surface area contributed by atoms with E-state index in [1.54, 1.807) is 22.5 Å². The van der Waals surface area contributed by atoms with Crippen molar-refractivity contribution in [2.75, 3.05) is 11.3 Å². The Morgan fingerprint density at radius 1 is 1.15 bits per heavy atom. The minimum atomic E-state index is -0.585. The standard InChI is InChI=1S/C18H14N6O2S/c1-27-18-20-10-12-16(24(18)26)21-15-11-6-2-3-7-13(11)22(23(15)17(12)25)14-8-4-5-9-19-14/h2-10,15,26H,1H3. The number of amidine groups is 2. The molecule has 5 rings (SSSR count). The van der Waals surface area contributed by atoms with Gasteiger partial charge in [0.1, 0.15) is 5.57 Å². The molecule has 0 spiro atoms. The first-order valence-corrected chi connectivity index (χ1v) is 9.46. The van der Waals surface area contributed by atoms with E-state index in [2.05, 4.69) is 15.0 Å². The number of hydrogen-bond donors (Lipinski definition) is 1. The number of hydrazine groups is 1. The number of aromatic nitrogens is 1. The van der Waals surface area contributed by atoms with Crippen LogP contribution in [0.2, 0.25) is 0 Å². The molecule has 1 N–H and O–H groups in total. The highest BCUT2D eigenvalue weighted by atomic mass is 32.2. The zero-order valence-electron chi connectivity index (χ0n) is 14.2. The quantitative estimate of drug-likeness (QED) is 0.821. The molecule has 3 aliphatic heterocycles.